The second-order valence-electron chi connectivity index (χ2n) is 11.9. The van der Waals surface area contributed by atoms with Crippen molar-refractivity contribution in [1.29, 1.82) is 0 Å². The van der Waals surface area contributed by atoms with Crippen molar-refractivity contribution in [3.8, 4) is 5.75 Å². The van der Waals surface area contributed by atoms with E-state index in [2.05, 4.69) is 31.9 Å². The van der Waals surface area contributed by atoms with Gasteiger partial charge in [-0.25, -0.2) is 0 Å². The van der Waals surface area contributed by atoms with Crippen LogP contribution in [0.5, 0.6) is 5.75 Å². The Morgan fingerprint density at radius 1 is 0.667 bits per heavy atom. The van der Waals surface area contributed by atoms with Gasteiger partial charge in [0.1, 0.15) is 29.9 Å². The summed E-state index contributed by atoms with van der Waals surface area (Å²) in [4.78, 5) is 90.8. The first-order valence-corrected chi connectivity index (χ1v) is 15.6. The van der Waals surface area contributed by atoms with E-state index in [9.17, 15) is 43.8 Å². The fraction of sp³-hybridized carbons (Fsp3) is 0.424. The number of hydrogen-bond acceptors (Lipinski definition) is 8. The molecule has 6 amide bonds. The zero-order chi connectivity index (χ0) is 35.2. The van der Waals surface area contributed by atoms with Crippen LogP contribution in [0.4, 0.5) is 0 Å². The second kappa shape index (κ2) is 18.0. The van der Waals surface area contributed by atoms with E-state index in [1.54, 1.807) is 30.3 Å². The largest absolute Gasteiger partial charge is 0.508 e. The topological polar surface area (TPSA) is 232 Å². The minimum atomic E-state index is -1.41. The highest BCUT2D eigenvalue weighted by Gasteiger charge is 2.31. The fourth-order valence-corrected chi connectivity index (χ4v) is 4.99. The van der Waals surface area contributed by atoms with Crippen molar-refractivity contribution in [2.24, 2.45) is 5.92 Å². The van der Waals surface area contributed by atoms with Crippen LogP contribution in [-0.2, 0) is 46.4 Å². The molecule has 3 rings (SSSR count). The smallest absolute Gasteiger partial charge is 0.303 e. The van der Waals surface area contributed by atoms with E-state index < -0.39 is 85.1 Å². The Labute approximate surface area is 277 Å². The molecule has 1 fully saturated rings. The lowest BCUT2D eigenvalue weighted by Crippen LogP contribution is -2.59. The summed E-state index contributed by atoms with van der Waals surface area (Å²) < 4.78 is 0. The van der Waals surface area contributed by atoms with Crippen molar-refractivity contribution in [2.45, 2.75) is 70.1 Å². The summed E-state index contributed by atoms with van der Waals surface area (Å²) in [7, 11) is 0. The van der Waals surface area contributed by atoms with Crippen molar-refractivity contribution in [1.82, 2.24) is 31.9 Å². The number of amides is 6. The molecule has 258 valence electrons. The first-order chi connectivity index (χ1) is 22.8. The third kappa shape index (κ3) is 12.4. The quantitative estimate of drug-likeness (QED) is 0.168. The van der Waals surface area contributed by atoms with Crippen LogP contribution in [0, 0.1) is 5.92 Å². The van der Waals surface area contributed by atoms with Gasteiger partial charge in [-0.05, 0) is 42.0 Å². The van der Waals surface area contributed by atoms with Crippen LogP contribution in [0.25, 0.3) is 0 Å². The summed E-state index contributed by atoms with van der Waals surface area (Å²) in [5, 5.41) is 34.1. The molecule has 0 saturated carbocycles. The number of aromatic hydroxyl groups is 1. The summed E-state index contributed by atoms with van der Waals surface area (Å²) in [6, 6.07) is 9.65. The molecule has 2 aromatic carbocycles. The molecule has 15 nitrogen and oxygen atoms in total. The van der Waals surface area contributed by atoms with Crippen LogP contribution in [0.3, 0.4) is 0 Å². The number of phenolic OH excluding ortho intramolecular Hbond substituents is 1. The first kappa shape index (κ1) is 37.0. The highest BCUT2D eigenvalue weighted by Crippen LogP contribution is 2.13. The Morgan fingerprint density at radius 2 is 1.15 bits per heavy atom. The number of rotatable bonds is 9. The number of carbonyl (C=O) groups excluding carboxylic acids is 6. The van der Waals surface area contributed by atoms with E-state index in [-0.39, 0.29) is 37.4 Å². The highest BCUT2D eigenvalue weighted by atomic mass is 16.4. The third-order valence-electron chi connectivity index (χ3n) is 7.43. The van der Waals surface area contributed by atoms with Gasteiger partial charge in [0.15, 0.2) is 0 Å². The van der Waals surface area contributed by atoms with E-state index in [1.807, 2.05) is 13.8 Å². The van der Waals surface area contributed by atoms with Crippen LogP contribution >= 0.6 is 0 Å². The third-order valence-corrected chi connectivity index (χ3v) is 7.43. The summed E-state index contributed by atoms with van der Waals surface area (Å²) in [6.45, 7) is 2.56. The predicted molar refractivity (Wildman–Crippen MR) is 172 cm³/mol. The maximum Gasteiger partial charge on any atom is 0.303 e. The van der Waals surface area contributed by atoms with E-state index in [4.69, 9.17) is 0 Å². The molecule has 0 aromatic heterocycles. The second-order valence-corrected chi connectivity index (χ2v) is 11.9. The zero-order valence-electron chi connectivity index (χ0n) is 26.8. The molecule has 2 aromatic rings. The van der Waals surface area contributed by atoms with E-state index in [0.717, 1.165) is 0 Å². The van der Waals surface area contributed by atoms with Crippen LogP contribution in [0.1, 0.15) is 44.2 Å². The van der Waals surface area contributed by atoms with E-state index >= 15 is 0 Å². The van der Waals surface area contributed by atoms with Crippen molar-refractivity contribution in [2.75, 3.05) is 13.1 Å². The molecule has 1 heterocycles. The number of aliphatic carboxylic acids is 1. The zero-order valence-corrected chi connectivity index (χ0v) is 26.8. The molecule has 1 aliphatic rings. The molecule has 0 radical (unpaired) electrons. The Balaban J connectivity index is 1.98. The Hall–Kier alpha value is -5.47. The van der Waals surface area contributed by atoms with Gasteiger partial charge in [0.25, 0.3) is 0 Å². The van der Waals surface area contributed by atoms with Gasteiger partial charge < -0.3 is 42.1 Å². The number of carboxylic acid groups (broad SMARTS) is 1. The minimum Gasteiger partial charge on any atom is -0.508 e. The summed E-state index contributed by atoms with van der Waals surface area (Å²) in [5.41, 5.74) is 1.22. The molecule has 0 aliphatic carbocycles. The standard InChI is InChI=1S/C33H42N6O9/c1-19(2)14-24-31(46)35-18-28(42)37-25(15-20-6-4-3-5-7-20)32(47)39-26(16-21-8-10-22(40)11-9-21)33(48)38-23(12-13-29(43)44)30(45)34-17-27(41)36-24/h3-11,19,23-26,40H,12-18H2,1-2H3,(H,34,45)(H,35,46)(H,36,41)(H,37,42)(H,38,48)(H,39,47)(H,43,44)/t23-,24-,25-,26-/m0/s1. The summed E-state index contributed by atoms with van der Waals surface area (Å²) >= 11 is 0. The van der Waals surface area contributed by atoms with Crippen molar-refractivity contribution in [3.63, 3.8) is 0 Å². The number of carbonyl (C=O) groups is 7. The SMILES string of the molecule is CC(C)C[C@@H]1NC(=O)CNC(=O)[C@H](CCC(=O)O)NC(=O)[C@H](Cc2ccc(O)cc2)NC(=O)[C@H](Cc2ccccc2)NC(=O)CNC1=O. The Kier molecular flexibility index (Phi) is 13.9. The first-order valence-electron chi connectivity index (χ1n) is 15.6. The van der Waals surface area contributed by atoms with Gasteiger partial charge in [-0.1, -0.05) is 56.3 Å². The number of carboxylic acids is 1. The van der Waals surface area contributed by atoms with Crippen molar-refractivity contribution >= 4 is 41.4 Å². The van der Waals surface area contributed by atoms with Gasteiger partial charge in [-0.2, -0.15) is 0 Å². The summed E-state index contributed by atoms with van der Waals surface area (Å²) in [5.74, 6) is -5.79. The van der Waals surface area contributed by atoms with Gasteiger partial charge in [-0.3, -0.25) is 33.6 Å². The molecular formula is C33H42N6O9. The number of phenols is 1. The Morgan fingerprint density at radius 3 is 1.69 bits per heavy atom. The normalized spacial score (nSPS) is 21.8. The monoisotopic (exact) mass is 666 g/mol. The van der Waals surface area contributed by atoms with Gasteiger partial charge in [0.2, 0.25) is 35.4 Å². The Bertz CT molecular complexity index is 1470. The predicted octanol–water partition coefficient (Wildman–Crippen LogP) is -0.726. The van der Waals surface area contributed by atoms with Gasteiger partial charge in [-0.15, -0.1) is 0 Å². The van der Waals surface area contributed by atoms with Gasteiger partial charge >= 0.3 is 5.97 Å². The fourth-order valence-electron chi connectivity index (χ4n) is 4.99. The van der Waals surface area contributed by atoms with Crippen LogP contribution in [-0.4, -0.2) is 88.9 Å². The van der Waals surface area contributed by atoms with Gasteiger partial charge in [0, 0.05) is 19.3 Å². The maximum atomic E-state index is 13.8. The summed E-state index contributed by atoms with van der Waals surface area (Å²) in [6.07, 6.45) is -0.699. The molecule has 0 unspecified atom stereocenters. The molecular weight excluding hydrogens is 624 g/mol. The molecule has 15 heteroatoms. The lowest BCUT2D eigenvalue weighted by atomic mass is 10.0. The molecule has 8 N–H and O–H groups in total. The number of hydrogen-bond donors (Lipinski definition) is 8. The van der Waals surface area contributed by atoms with Crippen LogP contribution < -0.4 is 31.9 Å². The molecule has 48 heavy (non-hydrogen) atoms. The average molecular weight is 667 g/mol. The van der Waals surface area contributed by atoms with Gasteiger partial charge in [0.05, 0.1) is 13.1 Å². The average Bonchev–Trinajstić information content (AvgIpc) is 3.04. The number of nitrogens with one attached hydrogen (secondary N) is 6. The maximum absolute atomic E-state index is 13.8. The van der Waals surface area contributed by atoms with Crippen molar-refractivity contribution < 1.29 is 43.8 Å². The minimum absolute atomic E-state index is 0.0234. The number of benzene rings is 2. The molecule has 0 bridgehead atoms. The lowest BCUT2D eigenvalue weighted by Gasteiger charge is -2.26. The van der Waals surface area contributed by atoms with Crippen molar-refractivity contribution in [3.05, 3.63) is 65.7 Å². The van der Waals surface area contributed by atoms with Crippen LogP contribution in [0.15, 0.2) is 54.6 Å². The lowest BCUT2D eigenvalue weighted by molar-refractivity contribution is -0.138. The molecule has 1 aliphatic heterocycles. The van der Waals surface area contributed by atoms with E-state index in [1.165, 1.54) is 24.3 Å². The van der Waals surface area contributed by atoms with E-state index in [0.29, 0.717) is 11.1 Å². The molecule has 1 saturated heterocycles. The molecule has 0 spiro atoms. The van der Waals surface area contributed by atoms with Crippen LogP contribution in [0.2, 0.25) is 0 Å². The molecule has 4 atom stereocenters. The highest BCUT2D eigenvalue weighted by molar-refractivity contribution is 5.97.